The number of rotatable bonds is 3. The van der Waals surface area contributed by atoms with E-state index in [1.165, 1.54) is 0 Å². The molecule has 3 aromatic heterocycles. The number of piperidine rings is 1. The van der Waals surface area contributed by atoms with Crippen LogP contribution in [0.3, 0.4) is 0 Å². The summed E-state index contributed by atoms with van der Waals surface area (Å²) in [7, 11) is 0. The monoisotopic (exact) mass is 335 g/mol. The minimum absolute atomic E-state index is 0.424. The molecule has 1 aliphatic heterocycles. The van der Waals surface area contributed by atoms with Gasteiger partial charge >= 0.3 is 0 Å². The Morgan fingerprint density at radius 2 is 1.92 bits per heavy atom. The van der Waals surface area contributed by atoms with Gasteiger partial charge in [0.1, 0.15) is 23.8 Å². The van der Waals surface area contributed by atoms with Crippen molar-refractivity contribution in [1.82, 2.24) is 19.9 Å². The quantitative estimate of drug-likeness (QED) is 0.759. The standard InChI is InChI=1S/C18H21N7/c1-12-3-2-4-16(22-12)23-13-7-9-25(10-8-13)18-14-5-6-15(19)24-17(14)20-11-21-18/h2-6,11,13H,7-10H2,1H3,(H,22,23)(H2,19,20,21,24). The second kappa shape index (κ2) is 6.51. The van der Waals surface area contributed by atoms with Crippen LogP contribution in [-0.2, 0) is 0 Å². The molecule has 7 heteroatoms. The third kappa shape index (κ3) is 3.31. The van der Waals surface area contributed by atoms with Gasteiger partial charge in [-0.25, -0.2) is 19.9 Å². The largest absolute Gasteiger partial charge is 0.384 e. The Kier molecular flexibility index (Phi) is 4.05. The van der Waals surface area contributed by atoms with Crippen LogP contribution in [0.2, 0.25) is 0 Å². The molecule has 0 bridgehead atoms. The lowest BCUT2D eigenvalue weighted by atomic mass is 10.0. The van der Waals surface area contributed by atoms with Crippen molar-refractivity contribution in [2.24, 2.45) is 0 Å². The molecule has 0 saturated carbocycles. The lowest BCUT2D eigenvalue weighted by molar-refractivity contribution is 0.523. The van der Waals surface area contributed by atoms with Gasteiger partial charge in [0, 0.05) is 24.8 Å². The lowest BCUT2D eigenvalue weighted by Crippen LogP contribution is -2.39. The van der Waals surface area contributed by atoms with Gasteiger partial charge in [-0.1, -0.05) is 6.07 Å². The van der Waals surface area contributed by atoms with Crippen LogP contribution in [0, 0.1) is 6.92 Å². The number of fused-ring (bicyclic) bond motifs is 1. The first-order valence-electron chi connectivity index (χ1n) is 8.51. The van der Waals surface area contributed by atoms with Crippen molar-refractivity contribution in [2.45, 2.75) is 25.8 Å². The molecule has 0 aromatic carbocycles. The predicted octanol–water partition coefficient (Wildman–Crippen LogP) is 2.39. The van der Waals surface area contributed by atoms with Gasteiger partial charge in [0.25, 0.3) is 0 Å². The van der Waals surface area contributed by atoms with Gasteiger partial charge < -0.3 is 16.0 Å². The van der Waals surface area contributed by atoms with Crippen LogP contribution in [0.25, 0.3) is 11.0 Å². The first-order valence-corrected chi connectivity index (χ1v) is 8.51. The topological polar surface area (TPSA) is 92.8 Å². The van der Waals surface area contributed by atoms with Crippen LogP contribution in [-0.4, -0.2) is 39.1 Å². The molecular weight excluding hydrogens is 314 g/mol. The number of hydrogen-bond acceptors (Lipinski definition) is 7. The van der Waals surface area contributed by atoms with Crippen LogP contribution < -0.4 is 16.0 Å². The molecule has 4 heterocycles. The van der Waals surface area contributed by atoms with Crippen molar-refractivity contribution in [1.29, 1.82) is 0 Å². The molecule has 128 valence electrons. The van der Waals surface area contributed by atoms with Gasteiger partial charge in [0.2, 0.25) is 0 Å². The second-order valence-electron chi connectivity index (χ2n) is 6.37. The zero-order valence-electron chi connectivity index (χ0n) is 14.2. The molecule has 3 aromatic rings. The van der Waals surface area contributed by atoms with Crippen molar-refractivity contribution in [3.63, 3.8) is 0 Å². The number of nitrogens with one attached hydrogen (secondary N) is 1. The third-order valence-electron chi connectivity index (χ3n) is 4.53. The highest BCUT2D eigenvalue weighted by atomic mass is 15.2. The number of nitrogens with zero attached hydrogens (tertiary/aromatic N) is 5. The smallest absolute Gasteiger partial charge is 0.166 e. The maximum absolute atomic E-state index is 5.76. The molecule has 0 amide bonds. The van der Waals surface area contributed by atoms with Crippen molar-refractivity contribution in [3.05, 3.63) is 42.4 Å². The van der Waals surface area contributed by atoms with Gasteiger partial charge in [0.15, 0.2) is 5.65 Å². The van der Waals surface area contributed by atoms with Gasteiger partial charge in [0.05, 0.1) is 5.39 Å². The Bertz CT molecular complexity index is 887. The van der Waals surface area contributed by atoms with E-state index in [0.717, 1.165) is 48.6 Å². The molecule has 0 radical (unpaired) electrons. The summed E-state index contributed by atoms with van der Waals surface area (Å²) in [6, 6.07) is 10.2. The minimum Gasteiger partial charge on any atom is -0.384 e. The SMILES string of the molecule is Cc1cccc(NC2CCN(c3ncnc4nc(N)ccc34)CC2)n1. The van der Waals surface area contributed by atoms with Crippen LogP contribution in [0.1, 0.15) is 18.5 Å². The van der Waals surface area contributed by atoms with Crippen LogP contribution in [0.4, 0.5) is 17.5 Å². The van der Waals surface area contributed by atoms with Crippen LogP contribution in [0.5, 0.6) is 0 Å². The number of nitrogens with two attached hydrogens (primary N) is 1. The summed E-state index contributed by atoms with van der Waals surface area (Å²) in [5.41, 5.74) is 7.43. The summed E-state index contributed by atoms with van der Waals surface area (Å²) >= 11 is 0. The van der Waals surface area contributed by atoms with E-state index in [9.17, 15) is 0 Å². The van der Waals surface area contributed by atoms with Crippen LogP contribution in [0.15, 0.2) is 36.7 Å². The molecule has 25 heavy (non-hydrogen) atoms. The lowest BCUT2D eigenvalue weighted by Gasteiger charge is -2.33. The maximum Gasteiger partial charge on any atom is 0.166 e. The van der Waals surface area contributed by atoms with E-state index >= 15 is 0 Å². The average molecular weight is 335 g/mol. The highest BCUT2D eigenvalue weighted by Gasteiger charge is 2.22. The molecule has 4 rings (SSSR count). The molecule has 1 aliphatic rings. The van der Waals surface area contributed by atoms with E-state index in [4.69, 9.17) is 5.73 Å². The molecule has 0 aliphatic carbocycles. The normalized spacial score (nSPS) is 15.5. The summed E-state index contributed by atoms with van der Waals surface area (Å²) in [6.45, 7) is 3.87. The van der Waals surface area contributed by atoms with E-state index < -0.39 is 0 Å². The number of anilines is 3. The van der Waals surface area contributed by atoms with E-state index in [-0.39, 0.29) is 0 Å². The molecule has 1 saturated heterocycles. The van der Waals surface area contributed by atoms with Gasteiger partial charge in [-0.15, -0.1) is 0 Å². The van der Waals surface area contributed by atoms with E-state index in [1.54, 1.807) is 12.4 Å². The number of hydrogen-bond donors (Lipinski definition) is 2. The van der Waals surface area contributed by atoms with Gasteiger partial charge in [-0.3, -0.25) is 0 Å². The average Bonchev–Trinajstić information content (AvgIpc) is 2.62. The third-order valence-corrected chi connectivity index (χ3v) is 4.53. The first-order chi connectivity index (χ1) is 12.2. The molecular formula is C18H21N7. The molecule has 1 fully saturated rings. The Balaban J connectivity index is 1.47. The summed E-state index contributed by atoms with van der Waals surface area (Å²) in [6.07, 6.45) is 3.62. The van der Waals surface area contributed by atoms with E-state index in [2.05, 4.69) is 30.2 Å². The fourth-order valence-electron chi connectivity index (χ4n) is 3.26. The van der Waals surface area contributed by atoms with Gasteiger partial charge in [-0.05, 0) is 44.0 Å². The number of aryl methyl sites for hydroxylation is 1. The van der Waals surface area contributed by atoms with E-state index in [1.807, 2.05) is 31.2 Å². The fraction of sp³-hybridized carbons (Fsp3) is 0.333. The number of pyridine rings is 2. The summed E-state index contributed by atoms with van der Waals surface area (Å²) in [5.74, 6) is 2.36. The number of nitrogen functional groups attached to an aromatic ring is 1. The Morgan fingerprint density at radius 3 is 2.72 bits per heavy atom. The fourth-order valence-corrected chi connectivity index (χ4v) is 3.26. The zero-order valence-corrected chi connectivity index (χ0v) is 14.2. The van der Waals surface area contributed by atoms with Crippen molar-refractivity contribution in [3.8, 4) is 0 Å². The molecule has 0 spiro atoms. The molecule has 7 nitrogen and oxygen atoms in total. The molecule has 0 unspecified atom stereocenters. The maximum atomic E-state index is 5.76. The Morgan fingerprint density at radius 1 is 1.08 bits per heavy atom. The van der Waals surface area contributed by atoms with Crippen molar-refractivity contribution >= 4 is 28.5 Å². The highest BCUT2D eigenvalue weighted by molar-refractivity contribution is 5.87. The number of aromatic nitrogens is 4. The molecule has 3 N–H and O–H groups in total. The van der Waals surface area contributed by atoms with Crippen molar-refractivity contribution in [2.75, 3.05) is 29.0 Å². The second-order valence-corrected chi connectivity index (χ2v) is 6.37. The minimum atomic E-state index is 0.424. The first kappa shape index (κ1) is 15.6. The zero-order chi connectivity index (χ0) is 17.2. The summed E-state index contributed by atoms with van der Waals surface area (Å²) in [5, 5.41) is 4.49. The Labute approximate surface area is 146 Å². The van der Waals surface area contributed by atoms with Crippen LogP contribution >= 0.6 is 0 Å². The molecule has 0 atom stereocenters. The Hall–Kier alpha value is -2.96. The predicted molar refractivity (Wildman–Crippen MR) is 99.6 cm³/mol. The summed E-state index contributed by atoms with van der Waals surface area (Å²) < 4.78 is 0. The van der Waals surface area contributed by atoms with E-state index in [0.29, 0.717) is 17.5 Å². The highest BCUT2D eigenvalue weighted by Crippen LogP contribution is 2.26. The summed E-state index contributed by atoms with van der Waals surface area (Å²) in [4.78, 5) is 19.8. The van der Waals surface area contributed by atoms with Crippen molar-refractivity contribution < 1.29 is 0 Å². The van der Waals surface area contributed by atoms with Gasteiger partial charge in [-0.2, -0.15) is 0 Å².